The zero-order valence-electron chi connectivity index (χ0n) is 22.4. The highest BCUT2D eigenvalue weighted by Crippen LogP contribution is 2.52. The fourth-order valence-corrected chi connectivity index (χ4v) is 7.69. The molecule has 0 fully saturated rings. The third kappa shape index (κ3) is 3.89. The first-order valence-electron chi connectivity index (χ1n) is 14.0. The van der Waals surface area contributed by atoms with Gasteiger partial charge in [0.15, 0.2) is 0 Å². The van der Waals surface area contributed by atoms with Crippen molar-refractivity contribution in [3.63, 3.8) is 0 Å². The molecule has 0 N–H and O–H groups in total. The summed E-state index contributed by atoms with van der Waals surface area (Å²) in [6, 6.07) is 57.2. The van der Waals surface area contributed by atoms with Crippen LogP contribution in [0.2, 0.25) is 0 Å². The van der Waals surface area contributed by atoms with Crippen molar-refractivity contribution in [3.05, 3.63) is 158 Å². The minimum Gasteiger partial charge on any atom is -0.134 e. The van der Waals surface area contributed by atoms with Gasteiger partial charge in [-0.05, 0) is 43.8 Å². The largest absolute Gasteiger partial charge is 0.134 e. The maximum absolute atomic E-state index is 2.30. The third-order valence-electron chi connectivity index (χ3n) is 8.10. The standard InChI is InChI=1S/C40H26S/c1-3-15-27(16-4-1)29-19-7-12-24-34(29)39-35-25-13-14-26-36(35)40(41-39)38-33-23-11-9-21-31(33)30-20-8-10-22-32(30)37(38)28-17-5-2-6-18-28/h1-26H. The molecule has 0 aliphatic rings. The van der Waals surface area contributed by atoms with Crippen molar-refractivity contribution in [3.8, 4) is 43.1 Å². The Labute approximate surface area is 243 Å². The molecule has 0 aliphatic carbocycles. The summed E-state index contributed by atoms with van der Waals surface area (Å²) in [5, 5.41) is 7.76. The molecule has 0 amide bonds. The first kappa shape index (κ1) is 23.9. The molecule has 7 aromatic carbocycles. The monoisotopic (exact) mass is 538 g/mol. The van der Waals surface area contributed by atoms with E-state index in [4.69, 9.17) is 0 Å². The molecule has 0 saturated heterocycles. The van der Waals surface area contributed by atoms with Crippen LogP contribution in [0, 0.1) is 0 Å². The Hall–Kier alpha value is -4.98. The van der Waals surface area contributed by atoms with Crippen molar-refractivity contribution < 1.29 is 0 Å². The molecule has 1 heterocycles. The zero-order chi connectivity index (χ0) is 27.2. The Balaban J connectivity index is 1.52. The Kier molecular flexibility index (Phi) is 5.76. The second-order valence-corrected chi connectivity index (χ2v) is 11.4. The van der Waals surface area contributed by atoms with Gasteiger partial charge >= 0.3 is 0 Å². The minimum atomic E-state index is 1.24. The summed E-state index contributed by atoms with van der Waals surface area (Å²) in [5.74, 6) is 0. The summed E-state index contributed by atoms with van der Waals surface area (Å²) in [5.41, 5.74) is 7.64. The molecule has 1 heteroatoms. The fourth-order valence-electron chi connectivity index (χ4n) is 6.31. The lowest BCUT2D eigenvalue weighted by Gasteiger charge is -2.18. The Morgan fingerprint density at radius 1 is 0.268 bits per heavy atom. The predicted octanol–water partition coefficient (Wildman–Crippen LogP) is 11.9. The van der Waals surface area contributed by atoms with E-state index in [1.807, 2.05) is 11.3 Å². The van der Waals surface area contributed by atoms with Crippen LogP contribution in [-0.2, 0) is 0 Å². The Morgan fingerprint density at radius 2 is 0.683 bits per heavy atom. The van der Waals surface area contributed by atoms with Gasteiger partial charge in [0, 0.05) is 31.7 Å². The second kappa shape index (κ2) is 9.89. The van der Waals surface area contributed by atoms with Crippen LogP contribution in [-0.4, -0.2) is 0 Å². The number of benzene rings is 7. The summed E-state index contributed by atoms with van der Waals surface area (Å²) < 4.78 is 0. The van der Waals surface area contributed by atoms with Crippen molar-refractivity contribution in [2.75, 3.05) is 0 Å². The van der Waals surface area contributed by atoms with Crippen LogP contribution in [0.1, 0.15) is 0 Å². The summed E-state index contributed by atoms with van der Waals surface area (Å²) in [6.07, 6.45) is 0. The molecule has 0 unspecified atom stereocenters. The second-order valence-electron chi connectivity index (χ2n) is 10.4. The van der Waals surface area contributed by atoms with Crippen molar-refractivity contribution in [1.29, 1.82) is 0 Å². The lowest BCUT2D eigenvalue weighted by Crippen LogP contribution is -1.90. The summed E-state index contributed by atoms with van der Waals surface area (Å²) >= 11 is 1.92. The lowest BCUT2D eigenvalue weighted by molar-refractivity contribution is 1.62. The number of thiophene rings is 1. The average molecular weight is 539 g/mol. The van der Waals surface area contributed by atoms with Gasteiger partial charge in [0.1, 0.15) is 0 Å². The maximum Gasteiger partial charge on any atom is 0.0440 e. The van der Waals surface area contributed by atoms with Gasteiger partial charge in [0.25, 0.3) is 0 Å². The molecule has 0 aliphatic heterocycles. The first-order chi connectivity index (χ1) is 20.4. The van der Waals surface area contributed by atoms with E-state index in [0.29, 0.717) is 0 Å². The van der Waals surface area contributed by atoms with Crippen LogP contribution < -0.4 is 0 Å². The van der Waals surface area contributed by atoms with Crippen molar-refractivity contribution in [2.45, 2.75) is 0 Å². The molecule has 0 radical (unpaired) electrons. The van der Waals surface area contributed by atoms with Crippen LogP contribution in [0.25, 0.3) is 75.5 Å². The molecule has 1 aromatic heterocycles. The highest BCUT2D eigenvalue weighted by molar-refractivity contribution is 7.21. The van der Waals surface area contributed by atoms with Crippen molar-refractivity contribution in [2.24, 2.45) is 0 Å². The molecule has 0 atom stereocenters. The smallest absolute Gasteiger partial charge is 0.0440 e. The molecule has 41 heavy (non-hydrogen) atoms. The molecule has 0 nitrogen and oxygen atoms in total. The van der Waals surface area contributed by atoms with Gasteiger partial charge in [0.2, 0.25) is 0 Å². The molecule has 0 spiro atoms. The van der Waals surface area contributed by atoms with Crippen LogP contribution >= 0.6 is 11.3 Å². The number of fused-ring (bicyclic) bond motifs is 4. The lowest BCUT2D eigenvalue weighted by atomic mass is 9.86. The van der Waals surface area contributed by atoms with Gasteiger partial charge in [-0.3, -0.25) is 0 Å². The summed E-state index contributed by atoms with van der Waals surface area (Å²) in [6.45, 7) is 0. The normalized spacial score (nSPS) is 11.4. The van der Waals surface area contributed by atoms with Crippen LogP contribution in [0.3, 0.4) is 0 Å². The van der Waals surface area contributed by atoms with E-state index in [9.17, 15) is 0 Å². The van der Waals surface area contributed by atoms with Gasteiger partial charge in [-0.25, -0.2) is 0 Å². The third-order valence-corrected chi connectivity index (χ3v) is 9.37. The molecule has 192 valence electrons. The van der Waals surface area contributed by atoms with Crippen LogP contribution in [0.5, 0.6) is 0 Å². The van der Waals surface area contributed by atoms with Gasteiger partial charge in [-0.15, -0.1) is 11.3 Å². The molecule has 0 bridgehead atoms. The summed E-state index contributed by atoms with van der Waals surface area (Å²) in [4.78, 5) is 2.63. The predicted molar refractivity (Wildman–Crippen MR) is 179 cm³/mol. The van der Waals surface area contributed by atoms with Crippen LogP contribution in [0.15, 0.2) is 158 Å². The quantitative estimate of drug-likeness (QED) is 0.195. The van der Waals surface area contributed by atoms with E-state index in [-0.39, 0.29) is 0 Å². The number of hydrogen-bond donors (Lipinski definition) is 0. The van der Waals surface area contributed by atoms with E-state index in [0.717, 1.165) is 0 Å². The Bertz CT molecular complexity index is 2190. The zero-order valence-corrected chi connectivity index (χ0v) is 23.2. The SMILES string of the molecule is c1ccc(-c2ccccc2-c2sc(-c3c(-c4ccccc4)c4ccccc4c4ccccc34)c3ccccc23)cc1. The molecular formula is C40H26S. The summed E-state index contributed by atoms with van der Waals surface area (Å²) in [7, 11) is 0. The highest BCUT2D eigenvalue weighted by Gasteiger charge is 2.23. The van der Waals surface area contributed by atoms with Crippen molar-refractivity contribution >= 4 is 43.7 Å². The fraction of sp³-hybridized carbons (Fsp3) is 0. The molecule has 0 saturated carbocycles. The van der Waals surface area contributed by atoms with E-state index < -0.39 is 0 Å². The highest BCUT2D eigenvalue weighted by atomic mass is 32.1. The van der Waals surface area contributed by atoms with E-state index in [1.54, 1.807) is 0 Å². The van der Waals surface area contributed by atoms with Gasteiger partial charge in [-0.1, -0.05) is 158 Å². The maximum atomic E-state index is 2.30. The Morgan fingerprint density at radius 3 is 1.29 bits per heavy atom. The van der Waals surface area contributed by atoms with E-state index in [1.165, 1.54) is 75.5 Å². The van der Waals surface area contributed by atoms with Crippen molar-refractivity contribution in [1.82, 2.24) is 0 Å². The van der Waals surface area contributed by atoms with E-state index >= 15 is 0 Å². The minimum absolute atomic E-state index is 1.24. The van der Waals surface area contributed by atoms with Gasteiger partial charge in [-0.2, -0.15) is 0 Å². The average Bonchev–Trinajstić information content (AvgIpc) is 3.44. The van der Waals surface area contributed by atoms with Gasteiger partial charge in [0.05, 0.1) is 0 Å². The molecular weight excluding hydrogens is 513 g/mol. The molecule has 8 aromatic rings. The van der Waals surface area contributed by atoms with Gasteiger partial charge < -0.3 is 0 Å². The first-order valence-corrected chi connectivity index (χ1v) is 14.9. The topological polar surface area (TPSA) is 0 Å². The van der Waals surface area contributed by atoms with E-state index in [2.05, 4.69) is 158 Å². The van der Waals surface area contributed by atoms with Crippen LogP contribution in [0.4, 0.5) is 0 Å². The number of rotatable bonds is 4. The number of hydrogen-bond acceptors (Lipinski definition) is 1. The molecule has 8 rings (SSSR count).